The maximum absolute atomic E-state index is 5.35. The van der Waals surface area contributed by atoms with Crippen LogP contribution in [-0.2, 0) is 0 Å². The molecule has 0 spiro atoms. The van der Waals surface area contributed by atoms with Gasteiger partial charge in [-0.05, 0) is 46.9 Å². The molecule has 4 heteroatoms. The van der Waals surface area contributed by atoms with Gasteiger partial charge in [0.1, 0.15) is 5.82 Å². The molecule has 0 radical (unpaired) electrons. The summed E-state index contributed by atoms with van der Waals surface area (Å²) in [5, 5.41) is 0. The summed E-state index contributed by atoms with van der Waals surface area (Å²) in [6.45, 7) is 0. The molecule has 55 heavy (non-hydrogen) atoms. The molecular weight excluding hydrogens is 669 g/mol. The Bertz CT molecular complexity index is 2560. The average molecular weight is 707 g/mol. The third-order valence-electron chi connectivity index (χ3n) is 11.1. The van der Waals surface area contributed by atoms with Crippen LogP contribution < -0.4 is 4.90 Å². The van der Waals surface area contributed by atoms with Gasteiger partial charge >= 0.3 is 0 Å². The summed E-state index contributed by atoms with van der Waals surface area (Å²) >= 11 is 0. The number of allylic oxidation sites excluding steroid dienone is 6. The lowest BCUT2D eigenvalue weighted by atomic mass is 9.75. The normalized spacial score (nSPS) is 18.1. The smallest absolute Gasteiger partial charge is 0.161 e. The van der Waals surface area contributed by atoms with Gasteiger partial charge in [-0.2, -0.15) is 0 Å². The molecule has 3 unspecified atom stereocenters. The first-order chi connectivity index (χ1) is 27.3. The van der Waals surface area contributed by atoms with Gasteiger partial charge in [-0.1, -0.05) is 176 Å². The van der Waals surface area contributed by atoms with Crippen LogP contribution in [-0.4, -0.2) is 21.0 Å². The summed E-state index contributed by atoms with van der Waals surface area (Å²) in [5.41, 5.74) is 13.4. The summed E-state index contributed by atoms with van der Waals surface area (Å²) in [6.07, 6.45) is 18.9. The van der Waals surface area contributed by atoms with Crippen molar-refractivity contribution in [1.82, 2.24) is 15.0 Å². The minimum absolute atomic E-state index is 0.0147. The van der Waals surface area contributed by atoms with Crippen molar-refractivity contribution in [2.75, 3.05) is 4.90 Å². The fourth-order valence-corrected chi connectivity index (χ4v) is 8.50. The van der Waals surface area contributed by atoms with Crippen molar-refractivity contribution in [2.45, 2.75) is 18.4 Å². The van der Waals surface area contributed by atoms with Gasteiger partial charge in [0.25, 0.3) is 0 Å². The molecule has 2 aromatic heterocycles. The molecule has 0 amide bonds. The van der Waals surface area contributed by atoms with E-state index in [4.69, 9.17) is 15.0 Å². The number of nitrogens with zero attached hydrogens (tertiary/aromatic N) is 4. The lowest BCUT2D eigenvalue weighted by molar-refractivity contribution is 0.586. The maximum Gasteiger partial charge on any atom is 0.161 e. The predicted octanol–water partition coefficient (Wildman–Crippen LogP) is 12.4. The molecule has 0 N–H and O–H groups in total. The SMILES string of the molecule is C1=CCC(C2=CC=CC3c4ccccc4-c4cccc(-c5ccccc5)c4N(c4ccc(-c5nc(-c6ccccc6)cc(-c6ccccc6)n5)cn4)C23)C=C1. The molecule has 0 saturated heterocycles. The van der Waals surface area contributed by atoms with E-state index in [2.05, 4.69) is 163 Å². The van der Waals surface area contributed by atoms with Crippen LogP contribution in [0.3, 0.4) is 0 Å². The Balaban J connectivity index is 1.17. The Labute approximate surface area is 322 Å². The highest BCUT2D eigenvalue weighted by Crippen LogP contribution is 2.53. The van der Waals surface area contributed by atoms with Gasteiger partial charge in [0, 0.05) is 45.8 Å². The first kappa shape index (κ1) is 32.7. The number of anilines is 2. The standard InChI is InChI=1S/C51H38N4/c1-5-17-35(18-6-1)40-27-15-29-44-42-25-13-14-26-43(42)45-30-16-28-41(36-19-7-2-8-20-36)50(45)55(49(40)44)48-32-31-39(34-52-48)51-53-46(37-21-9-3-10-22-37)33-47(54-51)38-23-11-4-12-24-38/h1-19,21-34,36,45,50H,20H2. The molecule has 3 aliphatic rings. The third kappa shape index (κ3) is 6.02. The zero-order valence-electron chi connectivity index (χ0n) is 30.3. The van der Waals surface area contributed by atoms with E-state index in [-0.39, 0.29) is 17.9 Å². The van der Waals surface area contributed by atoms with Crippen molar-refractivity contribution < 1.29 is 0 Å². The van der Waals surface area contributed by atoms with E-state index in [0.29, 0.717) is 5.82 Å². The van der Waals surface area contributed by atoms with Gasteiger partial charge in [-0.3, -0.25) is 0 Å². The van der Waals surface area contributed by atoms with Crippen LogP contribution >= 0.6 is 0 Å². The number of benzene rings is 5. The van der Waals surface area contributed by atoms with E-state index < -0.39 is 0 Å². The molecule has 0 fully saturated rings. The molecule has 5 aromatic carbocycles. The fraction of sp³-hybridized carbons (Fsp3) is 0.0784. The van der Waals surface area contributed by atoms with Crippen molar-refractivity contribution in [2.24, 2.45) is 5.92 Å². The molecule has 3 heterocycles. The molecule has 0 saturated carbocycles. The van der Waals surface area contributed by atoms with Gasteiger partial charge in [0.2, 0.25) is 0 Å². The lowest BCUT2D eigenvalue weighted by Gasteiger charge is -2.41. The second-order valence-electron chi connectivity index (χ2n) is 14.3. The highest BCUT2D eigenvalue weighted by Gasteiger charge is 2.41. The topological polar surface area (TPSA) is 41.9 Å². The minimum atomic E-state index is -0.0147. The van der Waals surface area contributed by atoms with E-state index in [1.807, 2.05) is 42.6 Å². The van der Waals surface area contributed by atoms with E-state index in [1.54, 1.807) is 0 Å². The number of hydrogen-bond donors (Lipinski definition) is 0. The summed E-state index contributed by atoms with van der Waals surface area (Å²) in [5.74, 6) is 1.90. The first-order valence-corrected chi connectivity index (χ1v) is 19.0. The van der Waals surface area contributed by atoms with Crippen LogP contribution in [0.2, 0.25) is 0 Å². The number of para-hydroxylation sites is 1. The van der Waals surface area contributed by atoms with Crippen molar-refractivity contribution in [3.63, 3.8) is 0 Å². The molecule has 262 valence electrons. The van der Waals surface area contributed by atoms with Crippen LogP contribution in [0.1, 0.15) is 17.9 Å². The van der Waals surface area contributed by atoms with Gasteiger partial charge in [0.05, 0.1) is 23.1 Å². The van der Waals surface area contributed by atoms with Crippen molar-refractivity contribution in [3.8, 4) is 56.2 Å². The van der Waals surface area contributed by atoms with E-state index in [9.17, 15) is 0 Å². The molecule has 10 rings (SSSR count). The largest absolute Gasteiger partial charge is 0.317 e. The monoisotopic (exact) mass is 706 g/mol. The zero-order chi connectivity index (χ0) is 36.6. The predicted molar refractivity (Wildman–Crippen MR) is 226 cm³/mol. The zero-order valence-corrected chi connectivity index (χ0v) is 30.3. The fourth-order valence-electron chi connectivity index (χ4n) is 8.50. The van der Waals surface area contributed by atoms with Crippen molar-refractivity contribution in [1.29, 1.82) is 0 Å². The van der Waals surface area contributed by atoms with E-state index in [1.165, 1.54) is 39.1 Å². The van der Waals surface area contributed by atoms with Gasteiger partial charge in [0.15, 0.2) is 5.82 Å². The molecule has 2 aliphatic carbocycles. The molecule has 1 aliphatic heterocycles. The van der Waals surface area contributed by atoms with Gasteiger partial charge in [-0.15, -0.1) is 0 Å². The second kappa shape index (κ2) is 14.1. The van der Waals surface area contributed by atoms with Crippen molar-refractivity contribution in [3.05, 3.63) is 212 Å². The summed E-state index contributed by atoms with van der Waals surface area (Å²) < 4.78 is 0. The minimum Gasteiger partial charge on any atom is -0.317 e. The number of pyridine rings is 1. The highest BCUT2D eigenvalue weighted by molar-refractivity contribution is 5.96. The Morgan fingerprint density at radius 3 is 1.85 bits per heavy atom. The number of hydrogen-bond acceptors (Lipinski definition) is 4. The number of fused-ring (bicyclic) bond motifs is 5. The summed E-state index contributed by atoms with van der Waals surface area (Å²) in [7, 11) is 0. The van der Waals surface area contributed by atoms with Crippen LogP contribution in [0, 0.1) is 5.92 Å². The second-order valence-corrected chi connectivity index (χ2v) is 14.3. The van der Waals surface area contributed by atoms with Crippen LogP contribution in [0.4, 0.5) is 11.5 Å². The lowest BCUT2D eigenvalue weighted by Crippen LogP contribution is -2.40. The Morgan fingerprint density at radius 1 is 0.527 bits per heavy atom. The Morgan fingerprint density at radius 2 is 1.18 bits per heavy atom. The number of rotatable bonds is 6. The van der Waals surface area contributed by atoms with Crippen LogP contribution in [0.25, 0.3) is 56.2 Å². The molecule has 7 aromatic rings. The Kier molecular flexibility index (Phi) is 8.42. The van der Waals surface area contributed by atoms with Crippen LogP contribution in [0.5, 0.6) is 0 Å². The molecule has 3 atom stereocenters. The van der Waals surface area contributed by atoms with E-state index >= 15 is 0 Å². The molecule has 0 bridgehead atoms. The van der Waals surface area contributed by atoms with Crippen molar-refractivity contribution >= 4 is 11.5 Å². The third-order valence-corrected chi connectivity index (χ3v) is 11.1. The highest BCUT2D eigenvalue weighted by atomic mass is 15.2. The van der Waals surface area contributed by atoms with Gasteiger partial charge in [-0.25, -0.2) is 15.0 Å². The summed E-state index contributed by atoms with van der Waals surface area (Å²) in [4.78, 5) is 18.1. The average Bonchev–Trinajstić information content (AvgIpc) is 3.40. The Hall–Kier alpha value is -6.91. The number of aromatic nitrogens is 3. The molecule has 4 nitrogen and oxygen atoms in total. The van der Waals surface area contributed by atoms with Gasteiger partial charge < -0.3 is 4.90 Å². The first-order valence-electron chi connectivity index (χ1n) is 19.0. The van der Waals surface area contributed by atoms with E-state index in [0.717, 1.165) is 40.3 Å². The molecular formula is C51H38N4. The summed E-state index contributed by atoms with van der Waals surface area (Å²) in [6, 6.07) is 53.5. The quantitative estimate of drug-likeness (QED) is 0.173. The van der Waals surface area contributed by atoms with Crippen LogP contribution in [0.15, 0.2) is 206 Å². The maximum atomic E-state index is 5.35.